The monoisotopic (exact) mass is 221 g/mol. The maximum atomic E-state index is 10.9. The number of carboxylic acids is 1. The predicted octanol–water partition coefficient (Wildman–Crippen LogP) is 3.03. The van der Waals surface area contributed by atoms with E-state index in [0.717, 1.165) is 0 Å². The van der Waals surface area contributed by atoms with Crippen LogP contribution < -0.4 is 0 Å². The molecule has 2 aromatic rings. The molecule has 1 heterocycles. The number of hydrogen-bond donors (Lipinski definition) is 2. The molecule has 76 valence electrons. The lowest BCUT2D eigenvalue weighted by Crippen LogP contribution is -1.96. The molecule has 1 aromatic heterocycles. The number of nitrogens with one attached hydrogen (secondary N) is 1. The predicted molar refractivity (Wildman–Crippen MR) is 58.2 cm³/mol. The molecule has 0 aliphatic rings. The number of H-pyrrole nitrogens is 1. The number of aromatic nitrogens is 1. The van der Waals surface area contributed by atoms with Crippen molar-refractivity contribution in [3.63, 3.8) is 0 Å². The molecule has 1 aromatic carbocycles. The van der Waals surface area contributed by atoms with Crippen molar-refractivity contribution in [2.24, 2.45) is 0 Å². The van der Waals surface area contributed by atoms with Crippen LogP contribution in [0.2, 0.25) is 5.02 Å². The molecular weight excluding hydrogens is 214 g/mol. The third-order valence-electron chi connectivity index (χ3n) is 2.12. The lowest BCUT2D eigenvalue weighted by atomic mass is 10.1. The average Bonchev–Trinajstić information content (AvgIpc) is 2.67. The number of rotatable bonds is 2. The molecule has 0 saturated heterocycles. The van der Waals surface area contributed by atoms with Gasteiger partial charge in [-0.1, -0.05) is 29.8 Å². The first-order valence-corrected chi connectivity index (χ1v) is 4.73. The van der Waals surface area contributed by atoms with Crippen LogP contribution in [-0.2, 0) is 0 Å². The Kier molecular flexibility index (Phi) is 2.47. The van der Waals surface area contributed by atoms with E-state index < -0.39 is 5.97 Å². The van der Waals surface area contributed by atoms with Gasteiger partial charge in [0.05, 0.1) is 11.3 Å². The van der Waals surface area contributed by atoms with Gasteiger partial charge in [0, 0.05) is 16.8 Å². The number of halogens is 1. The van der Waals surface area contributed by atoms with Crippen LogP contribution in [0.3, 0.4) is 0 Å². The second kappa shape index (κ2) is 3.79. The summed E-state index contributed by atoms with van der Waals surface area (Å²) in [4.78, 5) is 13.8. The van der Waals surface area contributed by atoms with Crippen LogP contribution in [0.25, 0.3) is 11.3 Å². The second-order valence-corrected chi connectivity index (χ2v) is 3.46. The summed E-state index contributed by atoms with van der Waals surface area (Å²) in [6.45, 7) is 0. The van der Waals surface area contributed by atoms with Crippen LogP contribution in [0.5, 0.6) is 0 Å². The molecule has 4 heteroatoms. The van der Waals surface area contributed by atoms with E-state index in [1.807, 2.05) is 6.07 Å². The maximum absolute atomic E-state index is 10.9. The maximum Gasteiger partial charge on any atom is 0.337 e. The molecule has 2 N–H and O–H groups in total. The van der Waals surface area contributed by atoms with E-state index in [4.69, 9.17) is 16.7 Å². The zero-order valence-electron chi connectivity index (χ0n) is 7.70. The number of carbonyl (C=O) groups is 1. The smallest absolute Gasteiger partial charge is 0.337 e. The van der Waals surface area contributed by atoms with Gasteiger partial charge in [-0.3, -0.25) is 0 Å². The van der Waals surface area contributed by atoms with E-state index in [0.29, 0.717) is 16.3 Å². The van der Waals surface area contributed by atoms with Gasteiger partial charge in [0.15, 0.2) is 0 Å². The molecule has 0 spiro atoms. The Morgan fingerprint density at radius 3 is 2.67 bits per heavy atom. The lowest BCUT2D eigenvalue weighted by Gasteiger charge is -2.02. The van der Waals surface area contributed by atoms with Crippen LogP contribution in [-0.4, -0.2) is 16.1 Å². The number of carboxylic acid groups (broad SMARTS) is 1. The normalized spacial score (nSPS) is 10.2. The molecule has 0 amide bonds. The Morgan fingerprint density at radius 1 is 1.27 bits per heavy atom. The van der Waals surface area contributed by atoms with E-state index in [-0.39, 0.29) is 5.56 Å². The Balaban J connectivity index is 2.59. The fourth-order valence-electron chi connectivity index (χ4n) is 1.43. The number of aromatic carboxylic acids is 1. The summed E-state index contributed by atoms with van der Waals surface area (Å²) < 4.78 is 0. The van der Waals surface area contributed by atoms with Crippen LogP contribution in [0.1, 0.15) is 10.4 Å². The van der Waals surface area contributed by atoms with Crippen molar-refractivity contribution in [1.82, 2.24) is 4.98 Å². The van der Waals surface area contributed by atoms with Gasteiger partial charge in [0.25, 0.3) is 0 Å². The molecule has 0 atom stereocenters. The molecule has 0 fully saturated rings. The first-order chi connectivity index (χ1) is 7.20. The minimum Gasteiger partial charge on any atom is -0.478 e. The molecule has 3 nitrogen and oxygen atoms in total. The molecule has 0 aliphatic carbocycles. The Morgan fingerprint density at radius 2 is 2.00 bits per heavy atom. The highest BCUT2D eigenvalue weighted by Gasteiger charge is 2.14. The minimum absolute atomic E-state index is 0.225. The highest BCUT2D eigenvalue weighted by atomic mass is 35.5. The van der Waals surface area contributed by atoms with Gasteiger partial charge in [-0.2, -0.15) is 0 Å². The van der Waals surface area contributed by atoms with Crippen molar-refractivity contribution >= 4 is 17.6 Å². The van der Waals surface area contributed by atoms with E-state index in [9.17, 15) is 4.79 Å². The van der Waals surface area contributed by atoms with Gasteiger partial charge < -0.3 is 10.1 Å². The van der Waals surface area contributed by atoms with Gasteiger partial charge in [0.2, 0.25) is 0 Å². The van der Waals surface area contributed by atoms with E-state index >= 15 is 0 Å². The van der Waals surface area contributed by atoms with Gasteiger partial charge >= 0.3 is 5.97 Å². The summed E-state index contributed by atoms with van der Waals surface area (Å²) in [5.74, 6) is -0.967. The van der Waals surface area contributed by atoms with Gasteiger partial charge in [-0.05, 0) is 12.1 Å². The number of benzene rings is 1. The van der Waals surface area contributed by atoms with Crippen LogP contribution in [0.15, 0.2) is 36.5 Å². The van der Waals surface area contributed by atoms with Crippen LogP contribution in [0.4, 0.5) is 0 Å². The first-order valence-electron chi connectivity index (χ1n) is 4.35. The molecular formula is C11H8ClNO2. The van der Waals surface area contributed by atoms with Crippen molar-refractivity contribution in [2.45, 2.75) is 0 Å². The lowest BCUT2D eigenvalue weighted by molar-refractivity contribution is 0.0698. The van der Waals surface area contributed by atoms with E-state index in [2.05, 4.69) is 4.98 Å². The third-order valence-corrected chi connectivity index (χ3v) is 2.45. The van der Waals surface area contributed by atoms with Crippen molar-refractivity contribution in [3.8, 4) is 11.3 Å². The summed E-state index contributed by atoms with van der Waals surface area (Å²) in [7, 11) is 0. The molecule has 0 saturated carbocycles. The molecule has 0 bridgehead atoms. The van der Waals surface area contributed by atoms with Crippen molar-refractivity contribution in [1.29, 1.82) is 0 Å². The third kappa shape index (κ3) is 1.74. The average molecular weight is 222 g/mol. The highest BCUT2D eigenvalue weighted by molar-refractivity contribution is 6.33. The van der Waals surface area contributed by atoms with Gasteiger partial charge in [-0.15, -0.1) is 0 Å². The summed E-state index contributed by atoms with van der Waals surface area (Å²) >= 11 is 5.98. The largest absolute Gasteiger partial charge is 0.478 e. The Labute approximate surface area is 91.3 Å². The summed E-state index contributed by atoms with van der Waals surface area (Å²) in [6.07, 6.45) is 1.59. The van der Waals surface area contributed by atoms with E-state index in [1.54, 1.807) is 24.4 Å². The number of aromatic amines is 1. The van der Waals surface area contributed by atoms with Crippen molar-refractivity contribution in [2.75, 3.05) is 0 Å². The number of hydrogen-bond acceptors (Lipinski definition) is 1. The second-order valence-electron chi connectivity index (χ2n) is 3.05. The molecule has 0 unspecified atom stereocenters. The quantitative estimate of drug-likeness (QED) is 0.819. The topological polar surface area (TPSA) is 53.1 Å². The van der Waals surface area contributed by atoms with E-state index in [1.165, 1.54) is 6.07 Å². The minimum atomic E-state index is -0.967. The first kappa shape index (κ1) is 9.80. The Hall–Kier alpha value is -1.74. The molecule has 0 radical (unpaired) electrons. The SMILES string of the molecule is O=C(O)c1cc[nH]c1-c1ccccc1Cl. The zero-order chi connectivity index (χ0) is 10.8. The zero-order valence-corrected chi connectivity index (χ0v) is 8.45. The fraction of sp³-hybridized carbons (Fsp3) is 0. The summed E-state index contributed by atoms with van der Waals surface area (Å²) in [5, 5.41) is 9.47. The van der Waals surface area contributed by atoms with Gasteiger partial charge in [0.1, 0.15) is 0 Å². The molecule has 15 heavy (non-hydrogen) atoms. The standard InChI is InChI=1S/C11H8ClNO2/c12-9-4-2-1-3-7(9)10-8(11(14)15)5-6-13-10/h1-6,13H,(H,14,15). The van der Waals surface area contributed by atoms with Crippen LogP contribution >= 0.6 is 11.6 Å². The fourth-order valence-corrected chi connectivity index (χ4v) is 1.66. The van der Waals surface area contributed by atoms with Crippen LogP contribution in [0, 0.1) is 0 Å². The molecule has 0 aliphatic heterocycles. The summed E-state index contributed by atoms with van der Waals surface area (Å²) in [6, 6.07) is 8.63. The Bertz CT molecular complexity index is 505. The summed E-state index contributed by atoms with van der Waals surface area (Å²) in [5.41, 5.74) is 1.46. The van der Waals surface area contributed by atoms with Crippen molar-refractivity contribution in [3.05, 3.63) is 47.1 Å². The highest BCUT2D eigenvalue weighted by Crippen LogP contribution is 2.28. The van der Waals surface area contributed by atoms with Crippen molar-refractivity contribution < 1.29 is 9.90 Å². The van der Waals surface area contributed by atoms with Gasteiger partial charge in [-0.25, -0.2) is 4.79 Å². The molecule has 2 rings (SSSR count).